The summed E-state index contributed by atoms with van der Waals surface area (Å²) in [6, 6.07) is 6.27. The van der Waals surface area contributed by atoms with Gasteiger partial charge in [-0.25, -0.2) is 0 Å². The highest BCUT2D eigenvalue weighted by Gasteiger charge is 2.10. The Kier molecular flexibility index (Phi) is 4.30. The number of aliphatic hydroxyl groups is 1. The van der Waals surface area contributed by atoms with Crippen LogP contribution >= 0.6 is 0 Å². The Morgan fingerprint density at radius 1 is 1.20 bits per heavy atom. The standard InChI is InChI=1S/C13H21NO/c1-10-6-5-7-11(2)13(10)8-12(15)9-14(3)4/h5-7,12,15H,8-9H2,1-4H3. The van der Waals surface area contributed by atoms with Gasteiger partial charge in [-0.2, -0.15) is 0 Å². The molecule has 0 fully saturated rings. The molecular weight excluding hydrogens is 186 g/mol. The van der Waals surface area contributed by atoms with E-state index in [1.165, 1.54) is 16.7 Å². The molecule has 1 aromatic rings. The average molecular weight is 207 g/mol. The van der Waals surface area contributed by atoms with Crippen LogP contribution in [0.2, 0.25) is 0 Å². The number of rotatable bonds is 4. The Labute approximate surface area is 92.5 Å². The molecule has 0 radical (unpaired) electrons. The minimum Gasteiger partial charge on any atom is -0.391 e. The molecule has 0 aliphatic rings. The van der Waals surface area contributed by atoms with Crippen LogP contribution in [0.4, 0.5) is 0 Å². The molecule has 1 atom stereocenters. The highest BCUT2D eigenvalue weighted by Crippen LogP contribution is 2.15. The molecule has 0 heterocycles. The molecule has 2 heteroatoms. The predicted molar refractivity (Wildman–Crippen MR) is 64.2 cm³/mol. The minimum absolute atomic E-state index is 0.278. The minimum atomic E-state index is -0.278. The quantitative estimate of drug-likeness (QED) is 0.813. The van der Waals surface area contributed by atoms with Crippen molar-refractivity contribution < 1.29 is 5.11 Å². The van der Waals surface area contributed by atoms with Gasteiger partial charge in [0, 0.05) is 13.0 Å². The maximum atomic E-state index is 9.88. The summed E-state index contributed by atoms with van der Waals surface area (Å²) in [6.07, 6.45) is 0.469. The normalized spacial score (nSPS) is 13.2. The van der Waals surface area contributed by atoms with Crippen LogP contribution in [0.1, 0.15) is 16.7 Å². The van der Waals surface area contributed by atoms with Crippen molar-refractivity contribution in [1.29, 1.82) is 0 Å². The average Bonchev–Trinajstić information content (AvgIpc) is 2.10. The van der Waals surface area contributed by atoms with E-state index in [-0.39, 0.29) is 6.10 Å². The van der Waals surface area contributed by atoms with Crippen LogP contribution in [0.5, 0.6) is 0 Å². The van der Waals surface area contributed by atoms with E-state index in [0.717, 1.165) is 6.42 Å². The number of hydrogen-bond acceptors (Lipinski definition) is 2. The molecule has 1 rings (SSSR count). The van der Waals surface area contributed by atoms with Crippen molar-refractivity contribution >= 4 is 0 Å². The zero-order valence-electron chi connectivity index (χ0n) is 10.1. The van der Waals surface area contributed by atoms with Crippen molar-refractivity contribution in [2.45, 2.75) is 26.4 Å². The van der Waals surface area contributed by atoms with Crippen LogP contribution in [-0.2, 0) is 6.42 Å². The van der Waals surface area contributed by atoms with Gasteiger partial charge in [0.25, 0.3) is 0 Å². The van der Waals surface area contributed by atoms with Crippen molar-refractivity contribution in [2.75, 3.05) is 20.6 Å². The van der Waals surface area contributed by atoms with E-state index in [4.69, 9.17) is 0 Å². The summed E-state index contributed by atoms with van der Waals surface area (Å²) in [5, 5.41) is 9.88. The number of likely N-dealkylation sites (N-methyl/N-ethyl adjacent to an activating group) is 1. The summed E-state index contributed by atoms with van der Waals surface area (Å²) in [4.78, 5) is 2.01. The van der Waals surface area contributed by atoms with Gasteiger partial charge in [0.2, 0.25) is 0 Å². The van der Waals surface area contributed by atoms with Gasteiger partial charge in [-0.05, 0) is 44.6 Å². The third-order valence-electron chi connectivity index (χ3n) is 2.66. The maximum absolute atomic E-state index is 9.88. The van der Waals surface area contributed by atoms with Crippen molar-refractivity contribution in [3.8, 4) is 0 Å². The van der Waals surface area contributed by atoms with Gasteiger partial charge in [-0.15, -0.1) is 0 Å². The van der Waals surface area contributed by atoms with E-state index in [0.29, 0.717) is 6.54 Å². The molecule has 0 amide bonds. The molecular formula is C13H21NO. The van der Waals surface area contributed by atoms with E-state index in [1.54, 1.807) is 0 Å². The molecule has 0 saturated heterocycles. The van der Waals surface area contributed by atoms with Gasteiger partial charge in [-0.3, -0.25) is 0 Å². The van der Waals surface area contributed by atoms with Crippen LogP contribution in [0, 0.1) is 13.8 Å². The zero-order valence-corrected chi connectivity index (χ0v) is 10.1. The second-order valence-corrected chi connectivity index (χ2v) is 4.49. The summed E-state index contributed by atoms with van der Waals surface area (Å²) in [5.41, 5.74) is 3.83. The number of aryl methyl sites for hydroxylation is 2. The molecule has 0 aliphatic heterocycles. The fraction of sp³-hybridized carbons (Fsp3) is 0.538. The molecule has 2 nitrogen and oxygen atoms in total. The lowest BCUT2D eigenvalue weighted by atomic mass is 9.97. The van der Waals surface area contributed by atoms with Gasteiger partial charge < -0.3 is 10.0 Å². The highest BCUT2D eigenvalue weighted by atomic mass is 16.3. The molecule has 0 spiro atoms. The fourth-order valence-corrected chi connectivity index (χ4v) is 1.89. The van der Waals surface area contributed by atoms with Gasteiger partial charge >= 0.3 is 0 Å². The summed E-state index contributed by atoms with van der Waals surface area (Å²) < 4.78 is 0. The number of benzene rings is 1. The van der Waals surface area contributed by atoms with Crippen LogP contribution in [0.3, 0.4) is 0 Å². The van der Waals surface area contributed by atoms with Gasteiger partial charge in [-0.1, -0.05) is 18.2 Å². The number of aliphatic hydroxyl groups excluding tert-OH is 1. The van der Waals surface area contributed by atoms with E-state index in [1.807, 2.05) is 19.0 Å². The number of nitrogens with zero attached hydrogens (tertiary/aromatic N) is 1. The van der Waals surface area contributed by atoms with Crippen LogP contribution in [0.15, 0.2) is 18.2 Å². The molecule has 0 aliphatic carbocycles. The topological polar surface area (TPSA) is 23.5 Å². The summed E-state index contributed by atoms with van der Waals surface area (Å²) in [6.45, 7) is 4.92. The lowest BCUT2D eigenvalue weighted by Crippen LogP contribution is -2.27. The Bertz CT molecular complexity index is 300. The van der Waals surface area contributed by atoms with Gasteiger partial charge in [0.1, 0.15) is 0 Å². The lowest BCUT2D eigenvalue weighted by molar-refractivity contribution is 0.136. The molecule has 1 aromatic carbocycles. The molecule has 0 bridgehead atoms. The van der Waals surface area contributed by atoms with Crippen LogP contribution in [-0.4, -0.2) is 36.8 Å². The lowest BCUT2D eigenvalue weighted by Gasteiger charge is -2.18. The second kappa shape index (κ2) is 5.29. The van der Waals surface area contributed by atoms with Crippen molar-refractivity contribution in [3.05, 3.63) is 34.9 Å². The highest BCUT2D eigenvalue weighted by molar-refractivity contribution is 5.33. The Morgan fingerprint density at radius 3 is 2.20 bits per heavy atom. The Balaban J connectivity index is 2.71. The second-order valence-electron chi connectivity index (χ2n) is 4.49. The smallest absolute Gasteiger partial charge is 0.0707 e. The molecule has 1 unspecified atom stereocenters. The van der Waals surface area contributed by atoms with Gasteiger partial charge in [0.15, 0.2) is 0 Å². The summed E-state index contributed by atoms with van der Waals surface area (Å²) in [7, 11) is 3.96. The first-order valence-electron chi connectivity index (χ1n) is 5.38. The van der Waals surface area contributed by atoms with Crippen LogP contribution in [0.25, 0.3) is 0 Å². The third kappa shape index (κ3) is 3.65. The van der Waals surface area contributed by atoms with Crippen LogP contribution < -0.4 is 0 Å². The molecule has 0 saturated carbocycles. The first-order chi connectivity index (χ1) is 7.00. The van der Waals surface area contributed by atoms with Gasteiger partial charge in [0.05, 0.1) is 6.10 Å². The van der Waals surface area contributed by atoms with E-state index < -0.39 is 0 Å². The summed E-state index contributed by atoms with van der Waals surface area (Å²) >= 11 is 0. The third-order valence-corrected chi connectivity index (χ3v) is 2.66. The monoisotopic (exact) mass is 207 g/mol. The first kappa shape index (κ1) is 12.2. The molecule has 84 valence electrons. The largest absolute Gasteiger partial charge is 0.391 e. The number of hydrogen-bond donors (Lipinski definition) is 1. The summed E-state index contributed by atoms with van der Waals surface area (Å²) in [5.74, 6) is 0. The van der Waals surface area contributed by atoms with Crippen molar-refractivity contribution in [3.63, 3.8) is 0 Å². The van der Waals surface area contributed by atoms with E-state index >= 15 is 0 Å². The first-order valence-corrected chi connectivity index (χ1v) is 5.38. The van der Waals surface area contributed by atoms with Crippen molar-refractivity contribution in [1.82, 2.24) is 4.90 Å². The zero-order chi connectivity index (χ0) is 11.4. The Morgan fingerprint density at radius 2 is 1.73 bits per heavy atom. The fourth-order valence-electron chi connectivity index (χ4n) is 1.89. The van der Waals surface area contributed by atoms with Crippen molar-refractivity contribution in [2.24, 2.45) is 0 Å². The maximum Gasteiger partial charge on any atom is 0.0707 e. The molecule has 1 N–H and O–H groups in total. The predicted octanol–water partition coefficient (Wildman–Crippen LogP) is 1.77. The Hall–Kier alpha value is -0.860. The van der Waals surface area contributed by atoms with E-state index in [9.17, 15) is 5.11 Å². The molecule has 15 heavy (non-hydrogen) atoms. The molecule has 0 aromatic heterocycles. The SMILES string of the molecule is Cc1cccc(C)c1CC(O)CN(C)C. The van der Waals surface area contributed by atoms with E-state index in [2.05, 4.69) is 32.0 Å².